The molecule has 0 radical (unpaired) electrons. The second-order valence-corrected chi connectivity index (χ2v) is 13.1. The third kappa shape index (κ3) is 4.82. The zero-order valence-electron chi connectivity index (χ0n) is 27.9. The zero-order chi connectivity index (χ0) is 33.7. The third-order valence-electron chi connectivity index (χ3n) is 10.1. The molecule has 2 heterocycles. The first kappa shape index (κ1) is 29.1. The molecule has 0 saturated heterocycles. The van der Waals surface area contributed by atoms with Crippen LogP contribution < -0.4 is 5.32 Å². The molecule has 0 aliphatic heterocycles. The summed E-state index contributed by atoms with van der Waals surface area (Å²) in [5, 5.41) is 8.60. The van der Waals surface area contributed by atoms with Crippen LogP contribution in [0.15, 0.2) is 194 Å². The highest BCUT2D eigenvalue weighted by atomic mass is 15.0. The quantitative estimate of drug-likeness (QED) is 0.190. The molecular formula is C48H33N3. The maximum absolute atomic E-state index is 3.66. The lowest BCUT2D eigenvalue weighted by molar-refractivity contribution is 1.17. The lowest BCUT2D eigenvalue weighted by Crippen LogP contribution is -1.97. The maximum atomic E-state index is 3.66. The number of nitrogens with zero attached hydrogens (tertiary/aromatic N) is 2. The first-order valence-corrected chi connectivity index (χ1v) is 17.4. The van der Waals surface area contributed by atoms with Gasteiger partial charge in [-0.05, 0) is 77.4 Å². The Labute approximate surface area is 296 Å². The number of fused-ring (bicyclic) bond motifs is 6. The van der Waals surface area contributed by atoms with Gasteiger partial charge in [-0.15, -0.1) is 0 Å². The maximum Gasteiger partial charge on any atom is 0.0562 e. The molecule has 10 aromatic rings. The molecular weight excluding hydrogens is 619 g/mol. The number of nitrogens with one attached hydrogen (secondary N) is 1. The Bertz CT molecular complexity index is 2880. The van der Waals surface area contributed by atoms with Crippen LogP contribution >= 0.6 is 0 Å². The topological polar surface area (TPSA) is 21.9 Å². The molecule has 2 aromatic heterocycles. The summed E-state index contributed by atoms with van der Waals surface area (Å²) in [7, 11) is 0. The van der Waals surface area contributed by atoms with Gasteiger partial charge in [-0.25, -0.2) is 0 Å². The van der Waals surface area contributed by atoms with Crippen LogP contribution in [-0.2, 0) is 0 Å². The van der Waals surface area contributed by atoms with Gasteiger partial charge < -0.3 is 14.5 Å². The van der Waals surface area contributed by atoms with Gasteiger partial charge in [0.1, 0.15) is 0 Å². The van der Waals surface area contributed by atoms with Crippen molar-refractivity contribution in [3.05, 3.63) is 194 Å². The largest absolute Gasteiger partial charge is 0.355 e. The van der Waals surface area contributed by atoms with E-state index in [0.717, 1.165) is 28.2 Å². The van der Waals surface area contributed by atoms with Crippen molar-refractivity contribution in [2.75, 3.05) is 5.32 Å². The first-order chi connectivity index (χ1) is 25.3. The summed E-state index contributed by atoms with van der Waals surface area (Å²) in [5.74, 6) is 0. The normalized spacial score (nSPS) is 11.5. The molecule has 0 aliphatic rings. The van der Waals surface area contributed by atoms with Gasteiger partial charge >= 0.3 is 0 Å². The van der Waals surface area contributed by atoms with Crippen molar-refractivity contribution in [1.82, 2.24) is 9.13 Å². The number of anilines is 2. The van der Waals surface area contributed by atoms with E-state index in [4.69, 9.17) is 0 Å². The van der Waals surface area contributed by atoms with Crippen LogP contribution in [0.1, 0.15) is 0 Å². The van der Waals surface area contributed by atoms with Crippen LogP contribution in [0.4, 0.5) is 11.4 Å². The summed E-state index contributed by atoms with van der Waals surface area (Å²) in [4.78, 5) is 0. The number of benzene rings is 8. The average Bonchev–Trinajstić information content (AvgIpc) is 3.72. The van der Waals surface area contributed by atoms with Gasteiger partial charge in [0, 0.05) is 44.2 Å². The molecule has 10 rings (SSSR count). The van der Waals surface area contributed by atoms with E-state index in [9.17, 15) is 0 Å². The molecule has 0 saturated carbocycles. The molecule has 1 N–H and O–H groups in total. The minimum absolute atomic E-state index is 1.07. The van der Waals surface area contributed by atoms with Crippen molar-refractivity contribution in [3.8, 4) is 33.6 Å². The van der Waals surface area contributed by atoms with Gasteiger partial charge in [-0.2, -0.15) is 0 Å². The smallest absolute Gasteiger partial charge is 0.0562 e. The number of hydrogen-bond donors (Lipinski definition) is 1. The minimum atomic E-state index is 1.07. The highest BCUT2D eigenvalue weighted by molar-refractivity contribution is 6.17. The average molecular weight is 652 g/mol. The SMILES string of the molecule is c1ccc(Nc2ccccc2-c2ccc3c4ccccc4n(-c4cccc5c4c4ccccc4n5-c4cccc(-c5ccccc5)c4)c3c2)cc1. The predicted molar refractivity (Wildman–Crippen MR) is 216 cm³/mol. The van der Waals surface area contributed by atoms with Gasteiger partial charge in [0.05, 0.1) is 27.8 Å². The Balaban J connectivity index is 1.22. The van der Waals surface area contributed by atoms with Gasteiger partial charge in [0.2, 0.25) is 0 Å². The molecule has 0 atom stereocenters. The fourth-order valence-electron chi connectivity index (χ4n) is 7.84. The molecule has 240 valence electrons. The highest BCUT2D eigenvalue weighted by Gasteiger charge is 2.20. The second-order valence-electron chi connectivity index (χ2n) is 13.1. The number of aromatic nitrogens is 2. The third-order valence-corrected chi connectivity index (χ3v) is 10.1. The Hall–Kier alpha value is -6.84. The van der Waals surface area contributed by atoms with Crippen LogP contribution in [0.5, 0.6) is 0 Å². The van der Waals surface area contributed by atoms with E-state index in [2.05, 4.69) is 203 Å². The van der Waals surface area contributed by atoms with E-state index in [0.29, 0.717) is 0 Å². The number of rotatable bonds is 6. The van der Waals surface area contributed by atoms with E-state index in [1.807, 2.05) is 6.07 Å². The molecule has 3 heteroatoms. The van der Waals surface area contributed by atoms with Crippen LogP contribution in [-0.4, -0.2) is 9.13 Å². The van der Waals surface area contributed by atoms with Crippen molar-refractivity contribution >= 4 is 55.0 Å². The van der Waals surface area contributed by atoms with E-state index in [1.54, 1.807) is 0 Å². The fraction of sp³-hybridized carbons (Fsp3) is 0. The summed E-state index contributed by atoms with van der Waals surface area (Å²) in [6, 6.07) is 69.7. The second kappa shape index (κ2) is 11.9. The molecule has 51 heavy (non-hydrogen) atoms. The van der Waals surface area contributed by atoms with E-state index < -0.39 is 0 Å². The fourth-order valence-corrected chi connectivity index (χ4v) is 7.84. The monoisotopic (exact) mass is 651 g/mol. The van der Waals surface area contributed by atoms with Crippen molar-refractivity contribution in [2.45, 2.75) is 0 Å². The van der Waals surface area contributed by atoms with Gasteiger partial charge in [-0.3, -0.25) is 0 Å². The van der Waals surface area contributed by atoms with Gasteiger partial charge in [0.25, 0.3) is 0 Å². The molecule has 8 aromatic carbocycles. The summed E-state index contributed by atoms with van der Waals surface area (Å²) < 4.78 is 4.90. The van der Waals surface area contributed by atoms with Crippen LogP contribution in [0.2, 0.25) is 0 Å². The van der Waals surface area contributed by atoms with Crippen LogP contribution in [0.25, 0.3) is 77.2 Å². The predicted octanol–water partition coefficient (Wildman–Crippen LogP) is 13.0. The molecule has 0 amide bonds. The summed E-state index contributed by atoms with van der Waals surface area (Å²) in [6.07, 6.45) is 0. The molecule has 0 unspecified atom stereocenters. The standard InChI is InChI=1S/C48H33N3/c1-3-15-33(16-4-1)34-17-13-20-37(31-34)50-44-26-12-9-23-41(44)48-45(50)27-14-28-46(48)51-43-25-11-8-22-39(43)40-30-29-35(32-47(40)51)38-21-7-10-24-42(38)49-36-18-5-2-6-19-36/h1-32,49H. The van der Waals surface area contributed by atoms with Gasteiger partial charge in [-0.1, -0.05) is 133 Å². The minimum Gasteiger partial charge on any atom is -0.355 e. The Morgan fingerprint density at radius 2 is 0.980 bits per heavy atom. The van der Waals surface area contributed by atoms with E-state index in [-0.39, 0.29) is 0 Å². The van der Waals surface area contributed by atoms with Crippen LogP contribution in [0.3, 0.4) is 0 Å². The molecule has 0 aliphatic carbocycles. The summed E-state index contributed by atoms with van der Waals surface area (Å²) in [6.45, 7) is 0. The Morgan fingerprint density at radius 1 is 0.353 bits per heavy atom. The van der Waals surface area contributed by atoms with Crippen LogP contribution in [0, 0.1) is 0 Å². The number of para-hydroxylation sites is 4. The van der Waals surface area contributed by atoms with E-state index >= 15 is 0 Å². The van der Waals surface area contributed by atoms with Crippen molar-refractivity contribution in [3.63, 3.8) is 0 Å². The lowest BCUT2D eigenvalue weighted by Gasteiger charge is -2.14. The Kier molecular flexibility index (Phi) is 6.81. The molecule has 0 spiro atoms. The molecule has 3 nitrogen and oxygen atoms in total. The van der Waals surface area contributed by atoms with Crippen molar-refractivity contribution in [2.24, 2.45) is 0 Å². The highest BCUT2D eigenvalue weighted by Crippen LogP contribution is 2.42. The van der Waals surface area contributed by atoms with Crippen molar-refractivity contribution in [1.29, 1.82) is 0 Å². The van der Waals surface area contributed by atoms with E-state index in [1.165, 1.54) is 60.4 Å². The Morgan fingerprint density at radius 3 is 1.82 bits per heavy atom. The number of hydrogen-bond acceptors (Lipinski definition) is 1. The zero-order valence-corrected chi connectivity index (χ0v) is 27.9. The van der Waals surface area contributed by atoms with Crippen molar-refractivity contribution < 1.29 is 0 Å². The summed E-state index contributed by atoms with van der Waals surface area (Å²) in [5.41, 5.74) is 13.9. The lowest BCUT2D eigenvalue weighted by atomic mass is 10.0. The molecule has 0 bridgehead atoms. The van der Waals surface area contributed by atoms with Gasteiger partial charge in [0.15, 0.2) is 0 Å². The summed E-state index contributed by atoms with van der Waals surface area (Å²) >= 11 is 0. The first-order valence-electron chi connectivity index (χ1n) is 17.4. The molecule has 0 fully saturated rings.